The molecule has 0 spiro atoms. The average molecular weight is 250 g/mol. The van der Waals surface area contributed by atoms with E-state index >= 15 is 0 Å². The van der Waals surface area contributed by atoms with E-state index < -0.39 is 0 Å². The van der Waals surface area contributed by atoms with Gasteiger partial charge in [-0.1, -0.05) is 17.7 Å². The lowest BCUT2D eigenvalue weighted by molar-refractivity contribution is 0.207. The first-order valence-electron chi connectivity index (χ1n) is 5.83. The Balaban J connectivity index is 2.25. The van der Waals surface area contributed by atoms with Gasteiger partial charge in [-0.05, 0) is 30.2 Å². The molecule has 0 saturated carbocycles. The molecule has 1 fully saturated rings. The van der Waals surface area contributed by atoms with Crippen LogP contribution in [0.5, 0.6) is 0 Å². The summed E-state index contributed by atoms with van der Waals surface area (Å²) in [5.41, 5.74) is 2.15. The van der Waals surface area contributed by atoms with Crippen LogP contribution in [0.25, 0.3) is 0 Å². The Morgan fingerprint density at radius 3 is 2.71 bits per heavy atom. The van der Waals surface area contributed by atoms with E-state index in [1.807, 2.05) is 25.1 Å². The minimum Gasteiger partial charge on any atom is -0.314 e. The summed E-state index contributed by atoms with van der Waals surface area (Å²) in [5.74, 6) is 0. The van der Waals surface area contributed by atoms with Crippen molar-refractivity contribution in [2.45, 2.75) is 13.0 Å². The first-order valence-corrected chi connectivity index (χ1v) is 6.20. The molecular formula is C13H16ClN3. The predicted octanol–water partition coefficient (Wildman–Crippen LogP) is 2.12. The number of rotatable bonds is 2. The highest BCUT2D eigenvalue weighted by molar-refractivity contribution is 6.30. The second-order valence-corrected chi connectivity index (χ2v) is 4.75. The van der Waals surface area contributed by atoms with E-state index in [9.17, 15) is 5.26 Å². The van der Waals surface area contributed by atoms with E-state index in [-0.39, 0.29) is 6.04 Å². The first-order chi connectivity index (χ1) is 8.22. The second-order valence-electron chi connectivity index (χ2n) is 4.32. The molecule has 3 nitrogen and oxygen atoms in total. The average Bonchev–Trinajstić information content (AvgIpc) is 2.34. The van der Waals surface area contributed by atoms with Gasteiger partial charge in [0, 0.05) is 31.2 Å². The molecule has 2 rings (SSSR count). The maximum absolute atomic E-state index is 9.38. The predicted molar refractivity (Wildman–Crippen MR) is 69.0 cm³/mol. The van der Waals surface area contributed by atoms with Gasteiger partial charge in [-0.15, -0.1) is 0 Å². The number of nitrogens with one attached hydrogen (secondary N) is 1. The standard InChI is InChI=1S/C13H16ClN3/c1-10-8-11(14)2-3-12(10)13(9-15)17-6-4-16-5-7-17/h2-3,8,13,16H,4-7H2,1H3. The minimum absolute atomic E-state index is 0.158. The van der Waals surface area contributed by atoms with Crippen LogP contribution < -0.4 is 5.32 Å². The molecule has 1 unspecified atom stereocenters. The van der Waals surface area contributed by atoms with Crippen LogP contribution in [0.4, 0.5) is 0 Å². The zero-order valence-electron chi connectivity index (χ0n) is 9.91. The zero-order valence-corrected chi connectivity index (χ0v) is 10.7. The fourth-order valence-electron chi connectivity index (χ4n) is 2.23. The van der Waals surface area contributed by atoms with Crippen molar-refractivity contribution in [3.8, 4) is 6.07 Å². The SMILES string of the molecule is Cc1cc(Cl)ccc1C(C#N)N1CCNCC1. The van der Waals surface area contributed by atoms with Crippen molar-refractivity contribution in [3.63, 3.8) is 0 Å². The molecule has 17 heavy (non-hydrogen) atoms. The highest BCUT2D eigenvalue weighted by Gasteiger charge is 2.22. The maximum Gasteiger partial charge on any atom is 0.124 e. The smallest absolute Gasteiger partial charge is 0.124 e. The molecule has 1 heterocycles. The normalized spacial score (nSPS) is 18.6. The van der Waals surface area contributed by atoms with E-state index in [4.69, 9.17) is 11.6 Å². The van der Waals surface area contributed by atoms with Gasteiger partial charge in [0.15, 0.2) is 0 Å². The van der Waals surface area contributed by atoms with Gasteiger partial charge < -0.3 is 5.32 Å². The Morgan fingerprint density at radius 2 is 2.12 bits per heavy atom. The van der Waals surface area contributed by atoms with Crippen molar-refractivity contribution in [2.75, 3.05) is 26.2 Å². The van der Waals surface area contributed by atoms with Crippen LogP contribution in [0.3, 0.4) is 0 Å². The second kappa shape index (κ2) is 5.50. The fraction of sp³-hybridized carbons (Fsp3) is 0.462. The number of hydrogen-bond acceptors (Lipinski definition) is 3. The molecule has 4 heteroatoms. The molecule has 1 atom stereocenters. The van der Waals surface area contributed by atoms with Crippen LogP contribution in [0.1, 0.15) is 17.2 Å². The van der Waals surface area contributed by atoms with Crippen LogP contribution in [-0.2, 0) is 0 Å². The topological polar surface area (TPSA) is 39.1 Å². The Bertz CT molecular complexity index is 433. The van der Waals surface area contributed by atoms with Gasteiger partial charge in [0.2, 0.25) is 0 Å². The molecule has 0 radical (unpaired) electrons. The number of hydrogen-bond donors (Lipinski definition) is 1. The number of piperazine rings is 1. The third-order valence-corrected chi connectivity index (χ3v) is 3.40. The van der Waals surface area contributed by atoms with Gasteiger partial charge in [-0.25, -0.2) is 0 Å². The summed E-state index contributed by atoms with van der Waals surface area (Å²) < 4.78 is 0. The molecule has 90 valence electrons. The van der Waals surface area contributed by atoms with Crippen LogP contribution in [-0.4, -0.2) is 31.1 Å². The number of nitrogens with zero attached hydrogens (tertiary/aromatic N) is 2. The van der Waals surface area contributed by atoms with Crippen LogP contribution in [0, 0.1) is 18.3 Å². The molecular weight excluding hydrogens is 234 g/mol. The van der Waals surface area contributed by atoms with E-state index in [2.05, 4.69) is 16.3 Å². The lowest BCUT2D eigenvalue weighted by Crippen LogP contribution is -2.44. The van der Waals surface area contributed by atoms with Gasteiger partial charge in [-0.3, -0.25) is 4.90 Å². The number of aryl methyl sites for hydroxylation is 1. The minimum atomic E-state index is -0.158. The summed E-state index contributed by atoms with van der Waals surface area (Å²) in [7, 11) is 0. The molecule has 0 aliphatic carbocycles. The molecule has 1 saturated heterocycles. The first kappa shape index (κ1) is 12.4. The van der Waals surface area contributed by atoms with E-state index in [1.54, 1.807) is 0 Å². The van der Waals surface area contributed by atoms with Gasteiger partial charge in [0.05, 0.1) is 6.07 Å². The van der Waals surface area contributed by atoms with Crippen molar-refractivity contribution in [3.05, 3.63) is 34.3 Å². The Kier molecular flexibility index (Phi) is 4.01. The van der Waals surface area contributed by atoms with E-state index in [0.717, 1.165) is 42.3 Å². The largest absolute Gasteiger partial charge is 0.314 e. The highest BCUT2D eigenvalue weighted by Crippen LogP contribution is 2.25. The Hall–Kier alpha value is -1.08. The maximum atomic E-state index is 9.38. The van der Waals surface area contributed by atoms with E-state index in [0.29, 0.717) is 0 Å². The summed E-state index contributed by atoms with van der Waals surface area (Å²) in [6.07, 6.45) is 0. The molecule has 1 N–H and O–H groups in total. The van der Waals surface area contributed by atoms with Crippen molar-refractivity contribution >= 4 is 11.6 Å². The molecule has 1 aliphatic rings. The van der Waals surface area contributed by atoms with Crippen molar-refractivity contribution < 1.29 is 0 Å². The van der Waals surface area contributed by atoms with Gasteiger partial charge in [0.1, 0.15) is 6.04 Å². The number of benzene rings is 1. The van der Waals surface area contributed by atoms with Crippen molar-refractivity contribution in [1.82, 2.24) is 10.2 Å². The fourth-order valence-corrected chi connectivity index (χ4v) is 2.46. The Morgan fingerprint density at radius 1 is 1.41 bits per heavy atom. The molecule has 0 amide bonds. The van der Waals surface area contributed by atoms with Crippen LogP contribution >= 0.6 is 11.6 Å². The summed E-state index contributed by atoms with van der Waals surface area (Å²) in [6.45, 7) is 5.74. The zero-order chi connectivity index (χ0) is 12.3. The van der Waals surface area contributed by atoms with Gasteiger partial charge >= 0.3 is 0 Å². The third kappa shape index (κ3) is 2.78. The van der Waals surface area contributed by atoms with Crippen LogP contribution in [0.15, 0.2) is 18.2 Å². The monoisotopic (exact) mass is 249 g/mol. The molecule has 1 aliphatic heterocycles. The summed E-state index contributed by atoms with van der Waals surface area (Å²) in [4.78, 5) is 2.22. The summed E-state index contributed by atoms with van der Waals surface area (Å²) >= 11 is 5.94. The van der Waals surface area contributed by atoms with Crippen LogP contribution in [0.2, 0.25) is 5.02 Å². The molecule has 0 aromatic heterocycles. The lowest BCUT2D eigenvalue weighted by atomic mass is 10.0. The molecule has 1 aromatic carbocycles. The summed E-state index contributed by atoms with van der Waals surface area (Å²) in [6, 6.07) is 7.99. The summed E-state index contributed by atoms with van der Waals surface area (Å²) in [5, 5.41) is 13.4. The van der Waals surface area contributed by atoms with E-state index in [1.165, 1.54) is 0 Å². The quantitative estimate of drug-likeness (QED) is 0.873. The molecule has 0 bridgehead atoms. The third-order valence-electron chi connectivity index (χ3n) is 3.17. The van der Waals surface area contributed by atoms with Gasteiger partial charge in [0.25, 0.3) is 0 Å². The number of halogens is 1. The van der Waals surface area contributed by atoms with Gasteiger partial charge in [-0.2, -0.15) is 5.26 Å². The Labute approximate surface area is 107 Å². The van der Waals surface area contributed by atoms with Crippen molar-refractivity contribution in [1.29, 1.82) is 5.26 Å². The number of nitriles is 1. The molecule has 1 aromatic rings. The lowest BCUT2D eigenvalue weighted by Gasteiger charge is -2.31. The van der Waals surface area contributed by atoms with Crippen molar-refractivity contribution in [2.24, 2.45) is 0 Å². The highest BCUT2D eigenvalue weighted by atomic mass is 35.5.